The van der Waals surface area contributed by atoms with Crippen LogP contribution in [-0.2, 0) is 0 Å². The number of carbonyl (C=O) groups is 1. The fourth-order valence-corrected chi connectivity index (χ4v) is 0.924. The number of hydrogen-bond acceptors (Lipinski definition) is 2. The summed E-state index contributed by atoms with van der Waals surface area (Å²) in [6.07, 6.45) is 3.83. The molecule has 0 radical (unpaired) electrons. The third-order valence-electron chi connectivity index (χ3n) is 1.57. The minimum Gasteiger partial charge on any atom is -0.336 e. The summed E-state index contributed by atoms with van der Waals surface area (Å²) in [5, 5.41) is 2.63. The van der Waals surface area contributed by atoms with E-state index in [0.717, 1.165) is 0 Å². The predicted octanol–water partition coefficient (Wildman–Crippen LogP) is 1.79. The molecule has 0 bridgehead atoms. The minimum absolute atomic E-state index is 0.185. The first kappa shape index (κ1) is 9.99. The Morgan fingerprint density at radius 2 is 2.54 bits per heavy atom. The zero-order valence-corrected chi connectivity index (χ0v) is 8.08. The molecule has 1 unspecified atom stereocenters. The summed E-state index contributed by atoms with van der Waals surface area (Å²) in [6.45, 7) is 1.90. The van der Waals surface area contributed by atoms with Gasteiger partial charge in [-0.2, -0.15) is 0 Å². The first-order chi connectivity index (χ1) is 6.24. The van der Waals surface area contributed by atoms with Gasteiger partial charge in [0, 0.05) is 12.4 Å². The smallest absolute Gasteiger partial charge is 0.253 e. The highest BCUT2D eigenvalue weighted by Gasteiger charge is 2.08. The molecule has 0 saturated carbocycles. The van der Waals surface area contributed by atoms with Crippen LogP contribution in [0.3, 0.4) is 0 Å². The Morgan fingerprint density at radius 1 is 1.77 bits per heavy atom. The summed E-state index contributed by atoms with van der Waals surface area (Å²) in [4.78, 5) is 15.2. The Hall–Kier alpha value is -1.09. The molecule has 1 amide bonds. The van der Waals surface area contributed by atoms with Crippen molar-refractivity contribution in [1.82, 2.24) is 10.3 Å². The number of halogens is 1. The number of pyridine rings is 1. The van der Waals surface area contributed by atoms with Gasteiger partial charge in [0.25, 0.3) is 5.91 Å². The Balaban J connectivity index is 2.59. The third kappa shape index (κ3) is 3.03. The van der Waals surface area contributed by atoms with Crippen molar-refractivity contribution in [3.63, 3.8) is 0 Å². The number of hydrogen-bond donors (Lipinski definition) is 1. The number of nitrogens with zero attached hydrogens (tertiary/aromatic N) is 1. The van der Waals surface area contributed by atoms with Gasteiger partial charge in [-0.25, -0.2) is 0 Å². The molecule has 1 heterocycles. The van der Waals surface area contributed by atoms with Crippen molar-refractivity contribution >= 4 is 17.5 Å². The van der Waals surface area contributed by atoms with Crippen molar-refractivity contribution < 1.29 is 4.79 Å². The zero-order valence-electron chi connectivity index (χ0n) is 7.33. The van der Waals surface area contributed by atoms with Gasteiger partial charge in [-0.15, -0.1) is 0 Å². The molecule has 0 aliphatic carbocycles. The van der Waals surface area contributed by atoms with Crippen LogP contribution in [0.5, 0.6) is 0 Å². The Morgan fingerprint density at radius 3 is 3.08 bits per heavy atom. The lowest BCUT2D eigenvalue weighted by atomic mass is 10.2. The molecule has 0 saturated heterocycles. The maximum atomic E-state index is 11.4. The van der Waals surface area contributed by atoms with E-state index in [2.05, 4.69) is 10.3 Å². The molecule has 4 heteroatoms. The SMILES string of the molecule is CCC(Cl)NC(=O)c1cccnc1. The molecule has 1 atom stereocenters. The molecule has 0 aromatic carbocycles. The van der Waals surface area contributed by atoms with Crippen molar-refractivity contribution in [2.24, 2.45) is 0 Å². The summed E-state index contributed by atoms with van der Waals surface area (Å²) in [7, 11) is 0. The second-order valence-corrected chi connectivity index (χ2v) is 3.12. The molecule has 0 spiro atoms. The fraction of sp³-hybridized carbons (Fsp3) is 0.333. The van der Waals surface area contributed by atoms with Crippen LogP contribution in [0, 0.1) is 0 Å². The number of rotatable bonds is 3. The van der Waals surface area contributed by atoms with E-state index in [9.17, 15) is 4.79 Å². The molecule has 1 aromatic rings. The second-order valence-electron chi connectivity index (χ2n) is 2.59. The maximum absolute atomic E-state index is 11.4. The van der Waals surface area contributed by atoms with Crippen LogP contribution in [0.1, 0.15) is 23.7 Å². The van der Waals surface area contributed by atoms with Gasteiger partial charge >= 0.3 is 0 Å². The molecular formula is C9H11ClN2O. The lowest BCUT2D eigenvalue weighted by molar-refractivity contribution is 0.0948. The Labute approximate surface area is 82.1 Å². The van der Waals surface area contributed by atoms with E-state index in [-0.39, 0.29) is 11.4 Å². The van der Waals surface area contributed by atoms with Crippen LogP contribution in [0.25, 0.3) is 0 Å². The predicted molar refractivity (Wildman–Crippen MR) is 51.6 cm³/mol. The monoisotopic (exact) mass is 198 g/mol. The van der Waals surface area contributed by atoms with Crippen LogP contribution < -0.4 is 5.32 Å². The molecule has 0 aliphatic heterocycles. The highest BCUT2D eigenvalue weighted by Crippen LogP contribution is 2.00. The van der Waals surface area contributed by atoms with Gasteiger partial charge in [0.2, 0.25) is 0 Å². The topological polar surface area (TPSA) is 42.0 Å². The summed E-state index contributed by atoms with van der Waals surface area (Å²) in [6, 6.07) is 3.41. The van der Waals surface area contributed by atoms with E-state index in [0.29, 0.717) is 12.0 Å². The lowest BCUT2D eigenvalue weighted by Crippen LogP contribution is -2.30. The number of carbonyl (C=O) groups excluding carboxylic acids is 1. The van der Waals surface area contributed by atoms with Gasteiger partial charge in [-0.3, -0.25) is 9.78 Å². The maximum Gasteiger partial charge on any atom is 0.253 e. The van der Waals surface area contributed by atoms with E-state index in [4.69, 9.17) is 11.6 Å². The number of alkyl halides is 1. The first-order valence-electron chi connectivity index (χ1n) is 4.09. The summed E-state index contributed by atoms with van der Waals surface area (Å²) in [5.41, 5.74) is 0.217. The van der Waals surface area contributed by atoms with E-state index < -0.39 is 0 Å². The lowest BCUT2D eigenvalue weighted by Gasteiger charge is -2.08. The summed E-state index contributed by atoms with van der Waals surface area (Å²) in [5.74, 6) is -0.185. The molecule has 3 nitrogen and oxygen atoms in total. The number of amides is 1. The highest BCUT2D eigenvalue weighted by atomic mass is 35.5. The standard InChI is InChI=1S/C9H11ClN2O/c1-2-8(10)12-9(13)7-4-3-5-11-6-7/h3-6,8H,2H2,1H3,(H,12,13). The summed E-state index contributed by atoms with van der Waals surface area (Å²) < 4.78 is 0. The van der Waals surface area contributed by atoms with Gasteiger partial charge in [0.05, 0.1) is 5.56 Å². The zero-order chi connectivity index (χ0) is 9.68. The molecule has 1 aromatic heterocycles. The van der Waals surface area contributed by atoms with E-state index in [1.54, 1.807) is 18.3 Å². The van der Waals surface area contributed by atoms with Crippen molar-refractivity contribution in [3.05, 3.63) is 30.1 Å². The quantitative estimate of drug-likeness (QED) is 0.594. The van der Waals surface area contributed by atoms with Crippen molar-refractivity contribution in [2.45, 2.75) is 18.8 Å². The van der Waals surface area contributed by atoms with Gasteiger partial charge in [-0.05, 0) is 18.6 Å². The van der Waals surface area contributed by atoms with Gasteiger partial charge in [0.1, 0.15) is 5.50 Å². The van der Waals surface area contributed by atoms with Crippen LogP contribution in [0.4, 0.5) is 0 Å². The fourth-order valence-electron chi connectivity index (χ4n) is 0.825. The largest absolute Gasteiger partial charge is 0.336 e. The minimum atomic E-state index is -0.312. The van der Waals surface area contributed by atoms with Crippen molar-refractivity contribution in [3.8, 4) is 0 Å². The molecule has 1 N–H and O–H groups in total. The van der Waals surface area contributed by atoms with E-state index in [1.807, 2.05) is 6.92 Å². The molecule has 13 heavy (non-hydrogen) atoms. The normalized spacial score (nSPS) is 12.2. The highest BCUT2D eigenvalue weighted by molar-refractivity contribution is 6.21. The van der Waals surface area contributed by atoms with E-state index in [1.165, 1.54) is 6.20 Å². The van der Waals surface area contributed by atoms with Gasteiger partial charge in [-0.1, -0.05) is 18.5 Å². The van der Waals surface area contributed by atoms with Gasteiger partial charge < -0.3 is 5.32 Å². The molecule has 0 aliphatic rings. The second kappa shape index (κ2) is 4.82. The van der Waals surface area contributed by atoms with Crippen LogP contribution in [0.2, 0.25) is 0 Å². The van der Waals surface area contributed by atoms with E-state index >= 15 is 0 Å². The van der Waals surface area contributed by atoms with Gasteiger partial charge in [0.15, 0.2) is 0 Å². The van der Waals surface area contributed by atoms with Crippen LogP contribution in [0.15, 0.2) is 24.5 Å². The summed E-state index contributed by atoms with van der Waals surface area (Å²) >= 11 is 5.76. The Bertz CT molecular complexity index is 276. The average Bonchev–Trinajstić information content (AvgIpc) is 2.19. The molecule has 70 valence electrons. The average molecular weight is 199 g/mol. The van der Waals surface area contributed by atoms with Crippen molar-refractivity contribution in [1.29, 1.82) is 0 Å². The number of aromatic nitrogens is 1. The molecule has 0 fully saturated rings. The van der Waals surface area contributed by atoms with Crippen molar-refractivity contribution in [2.75, 3.05) is 0 Å². The third-order valence-corrected chi connectivity index (χ3v) is 1.99. The molecular weight excluding hydrogens is 188 g/mol. The first-order valence-corrected chi connectivity index (χ1v) is 4.52. The molecule has 1 rings (SSSR count). The van der Waals surface area contributed by atoms with Crippen LogP contribution in [-0.4, -0.2) is 16.4 Å². The Kier molecular flexibility index (Phi) is 3.71. The number of nitrogens with one attached hydrogen (secondary N) is 1. The van der Waals surface area contributed by atoms with Crippen LogP contribution >= 0.6 is 11.6 Å².